The van der Waals surface area contributed by atoms with Crippen molar-refractivity contribution in [2.24, 2.45) is 0 Å². The molecule has 2 heterocycles. The van der Waals surface area contributed by atoms with E-state index in [1.54, 1.807) is 0 Å². The smallest absolute Gasteiger partial charge is 0.242 e. The highest BCUT2D eigenvalue weighted by molar-refractivity contribution is 7.16. The number of hydrogen-bond donors (Lipinski definition) is 2. The maximum absolute atomic E-state index is 5.90. The topological polar surface area (TPSA) is 73.1 Å². The van der Waals surface area contributed by atoms with Crippen LogP contribution in [0.3, 0.4) is 0 Å². The van der Waals surface area contributed by atoms with Gasteiger partial charge in [-0.15, -0.1) is 11.3 Å². The lowest BCUT2D eigenvalue weighted by molar-refractivity contribution is 0.328. The molecule has 2 rings (SSSR count). The maximum Gasteiger partial charge on any atom is 0.242 e. The molecule has 2 aromatic heterocycles. The first-order valence-electron chi connectivity index (χ1n) is 5.42. The first-order chi connectivity index (χ1) is 8.70. The second-order valence-corrected chi connectivity index (χ2v) is 5.23. The molecule has 0 saturated heterocycles. The van der Waals surface area contributed by atoms with Crippen LogP contribution in [0.15, 0.2) is 18.5 Å². The zero-order valence-corrected chi connectivity index (χ0v) is 11.4. The first-order valence-corrected chi connectivity index (χ1v) is 6.61. The van der Waals surface area contributed by atoms with Crippen molar-refractivity contribution in [1.82, 2.24) is 9.97 Å². The van der Waals surface area contributed by atoms with Gasteiger partial charge in [0.15, 0.2) is 5.82 Å². The van der Waals surface area contributed by atoms with E-state index in [1.807, 2.05) is 19.1 Å². The number of nitrogen functional groups attached to an aromatic ring is 1. The summed E-state index contributed by atoms with van der Waals surface area (Å²) in [6.45, 7) is 3.01. The summed E-state index contributed by atoms with van der Waals surface area (Å²) in [5.41, 5.74) is 6.32. The molecule has 0 aliphatic carbocycles. The number of rotatable bonds is 5. The summed E-state index contributed by atoms with van der Waals surface area (Å²) < 4.78 is 6.06. The predicted octanol–water partition coefficient (Wildman–Crippen LogP) is 2.78. The molecule has 0 amide bonds. The van der Waals surface area contributed by atoms with Crippen molar-refractivity contribution < 1.29 is 4.74 Å². The van der Waals surface area contributed by atoms with E-state index in [2.05, 4.69) is 15.3 Å². The summed E-state index contributed by atoms with van der Waals surface area (Å²) in [5.74, 6) is 0.970. The predicted molar refractivity (Wildman–Crippen MR) is 74.3 cm³/mol. The molecule has 0 aliphatic heterocycles. The number of nitrogens with one attached hydrogen (secondary N) is 1. The summed E-state index contributed by atoms with van der Waals surface area (Å²) in [6.07, 6.45) is 1.42. The van der Waals surface area contributed by atoms with Crippen LogP contribution in [0.2, 0.25) is 4.34 Å². The van der Waals surface area contributed by atoms with E-state index in [4.69, 9.17) is 22.1 Å². The molecule has 7 heteroatoms. The highest BCUT2D eigenvalue weighted by atomic mass is 35.5. The zero-order valence-electron chi connectivity index (χ0n) is 9.81. The van der Waals surface area contributed by atoms with Gasteiger partial charge in [0.05, 0.1) is 17.5 Å². The standard InChI is InChI=1S/C11H13ClN4OS/c1-2-17-11-9(13)10(15-6-16-11)14-5-7-3-4-8(12)18-7/h3-4,6H,2,5,13H2,1H3,(H,14,15,16). The highest BCUT2D eigenvalue weighted by Crippen LogP contribution is 2.26. The lowest BCUT2D eigenvalue weighted by atomic mass is 10.4. The highest BCUT2D eigenvalue weighted by Gasteiger charge is 2.08. The van der Waals surface area contributed by atoms with E-state index >= 15 is 0 Å². The number of aromatic nitrogens is 2. The van der Waals surface area contributed by atoms with E-state index in [9.17, 15) is 0 Å². The van der Waals surface area contributed by atoms with Crippen LogP contribution in [0, 0.1) is 0 Å². The molecular formula is C11H13ClN4OS. The minimum absolute atomic E-state index is 0.402. The largest absolute Gasteiger partial charge is 0.476 e. The molecule has 0 aliphatic rings. The lowest BCUT2D eigenvalue weighted by Gasteiger charge is -2.10. The zero-order chi connectivity index (χ0) is 13.0. The molecule has 0 saturated carbocycles. The SMILES string of the molecule is CCOc1ncnc(NCc2ccc(Cl)s2)c1N. The average Bonchev–Trinajstić information content (AvgIpc) is 2.77. The van der Waals surface area contributed by atoms with Crippen LogP contribution in [0.4, 0.5) is 11.5 Å². The third-order valence-corrected chi connectivity index (χ3v) is 3.42. The first kappa shape index (κ1) is 12.9. The fourth-order valence-corrected chi connectivity index (χ4v) is 2.42. The molecular weight excluding hydrogens is 272 g/mol. The molecule has 0 spiro atoms. The van der Waals surface area contributed by atoms with Gasteiger partial charge in [-0.1, -0.05) is 11.6 Å². The Morgan fingerprint density at radius 2 is 2.28 bits per heavy atom. The van der Waals surface area contributed by atoms with Gasteiger partial charge in [0.2, 0.25) is 5.88 Å². The van der Waals surface area contributed by atoms with Gasteiger partial charge < -0.3 is 15.8 Å². The Morgan fingerprint density at radius 1 is 1.44 bits per heavy atom. The molecule has 0 radical (unpaired) electrons. The van der Waals surface area contributed by atoms with Gasteiger partial charge in [0, 0.05) is 4.88 Å². The molecule has 0 unspecified atom stereocenters. The molecule has 3 N–H and O–H groups in total. The minimum atomic E-state index is 0.402. The molecule has 0 fully saturated rings. The molecule has 0 aromatic carbocycles. The Balaban J connectivity index is 2.07. The molecule has 5 nitrogen and oxygen atoms in total. The van der Waals surface area contributed by atoms with E-state index in [1.165, 1.54) is 17.7 Å². The van der Waals surface area contributed by atoms with Gasteiger partial charge >= 0.3 is 0 Å². The second kappa shape index (κ2) is 5.88. The van der Waals surface area contributed by atoms with Crippen molar-refractivity contribution in [1.29, 1.82) is 0 Å². The van der Waals surface area contributed by atoms with E-state index in [0.29, 0.717) is 30.5 Å². The number of nitrogens with zero attached hydrogens (tertiary/aromatic N) is 2. The third kappa shape index (κ3) is 3.02. The molecule has 0 atom stereocenters. The lowest BCUT2D eigenvalue weighted by Crippen LogP contribution is -2.07. The number of anilines is 2. The Labute approximate surface area is 114 Å². The molecule has 18 heavy (non-hydrogen) atoms. The van der Waals surface area contributed by atoms with Crippen LogP contribution in [0.25, 0.3) is 0 Å². The van der Waals surface area contributed by atoms with Crippen LogP contribution in [-0.4, -0.2) is 16.6 Å². The summed E-state index contributed by atoms with van der Waals surface area (Å²) in [7, 11) is 0. The van der Waals surface area contributed by atoms with Crippen LogP contribution in [0.5, 0.6) is 5.88 Å². The van der Waals surface area contributed by atoms with Crippen molar-refractivity contribution in [2.75, 3.05) is 17.7 Å². The van der Waals surface area contributed by atoms with Crippen molar-refractivity contribution >= 4 is 34.4 Å². The van der Waals surface area contributed by atoms with Gasteiger partial charge in [-0.3, -0.25) is 0 Å². The fraction of sp³-hybridized carbons (Fsp3) is 0.273. The van der Waals surface area contributed by atoms with Gasteiger partial charge in [0.1, 0.15) is 12.0 Å². The van der Waals surface area contributed by atoms with Crippen molar-refractivity contribution in [3.8, 4) is 5.88 Å². The van der Waals surface area contributed by atoms with Crippen molar-refractivity contribution in [3.63, 3.8) is 0 Å². The number of halogens is 1. The Morgan fingerprint density at radius 3 is 2.94 bits per heavy atom. The van der Waals surface area contributed by atoms with Gasteiger partial charge in [-0.05, 0) is 19.1 Å². The average molecular weight is 285 g/mol. The summed E-state index contributed by atoms with van der Waals surface area (Å²) in [4.78, 5) is 9.17. The van der Waals surface area contributed by atoms with Gasteiger partial charge in [-0.2, -0.15) is 4.98 Å². The van der Waals surface area contributed by atoms with Crippen LogP contribution >= 0.6 is 22.9 Å². The van der Waals surface area contributed by atoms with E-state index in [-0.39, 0.29) is 0 Å². The number of thiophene rings is 1. The summed E-state index contributed by atoms with van der Waals surface area (Å²) >= 11 is 7.38. The normalized spacial score (nSPS) is 10.3. The summed E-state index contributed by atoms with van der Waals surface area (Å²) in [5, 5.41) is 3.14. The minimum Gasteiger partial charge on any atom is -0.476 e. The van der Waals surface area contributed by atoms with Gasteiger partial charge in [0.25, 0.3) is 0 Å². The monoisotopic (exact) mass is 284 g/mol. The van der Waals surface area contributed by atoms with Crippen molar-refractivity contribution in [3.05, 3.63) is 27.7 Å². The number of hydrogen-bond acceptors (Lipinski definition) is 6. The molecule has 96 valence electrons. The van der Waals surface area contributed by atoms with E-state index in [0.717, 1.165) is 9.21 Å². The van der Waals surface area contributed by atoms with E-state index < -0.39 is 0 Å². The Bertz CT molecular complexity index is 532. The van der Waals surface area contributed by atoms with Crippen LogP contribution in [-0.2, 0) is 6.54 Å². The van der Waals surface area contributed by atoms with Gasteiger partial charge in [-0.25, -0.2) is 4.98 Å². The number of nitrogens with two attached hydrogens (primary N) is 1. The fourth-order valence-electron chi connectivity index (χ4n) is 1.39. The molecule has 2 aromatic rings. The third-order valence-electron chi connectivity index (χ3n) is 2.19. The number of ether oxygens (including phenoxy) is 1. The van der Waals surface area contributed by atoms with Crippen LogP contribution < -0.4 is 15.8 Å². The van der Waals surface area contributed by atoms with Crippen molar-refractivity contribution in [2.45, 2.75) is 13.5 Å². The molecule has 0 bridgehead atoms. The summed E-state index contributed by atoms with van der Waals surface area (Å²) in [6, 6.07) is 3.82. The quantitative estimate of drug-likeness (QED) is 0.883. The Hall–Kier alpha value is -1.53. The Kier molecular flexibility index (Phi) is 4.22. The maximum atomic E-state index is 5.90. The van der Waals surface area contributed by atoms with Crippen LogP contribution in [0.1, 0.15) is 11.8 Å². The second-order valence-electron chi connectivity index (χ2n) is 3.43.